The van der Waals surface area contributed by atoms with Gasteiger partial charge in [-0.3, -0.25) is 4.79 Å². The van der Waals surface area contributed by atoms with Crippen LogP contribution in [0.15, 0.2) is 28.9 Å². The second-order valence-electron chi connectivity index (χ2n) is 9.35. The zero-order chi connectivity index (χ0) is 23.3. The predicted molar refractivity (Wildman–Crippen MR) is 127 cm³/mol. The van der Waals surface area contributed by atoms with E-state index in [1.165, 1.54) is 4.88 Å². The summed E-state index contributed by atoms with van der Waals surface area (Å²) in [5, 5.41) is 12.5. The minimum atomic E-state index is -0.381. The predicted octanol–water partition coefficient (Wildman–Crippen LogP) is 5.44. The lowest BCUT2D eigenvalue weighted by molar-refractivity contribution is 0.0915. The number of hydrogen-bond acceptors (Lipinski definition) is 7. The SMILES string of the molecule is Cc1ccc(-c2cc(C(=O)NC(c3nc(C4CC4)no3)C(C)C)c3cnn(C(C)C)c3n2)s1. The van der Waals surface area contributed by atoms with Crippen LogP contribution in [0.1, 0.15) is 85.5 Å². The van der Waals surface area contributed by atoms with E-state index in [0.29, 0.717) is 23.0 Å². The van der Waals surface area contributed by atoms with Crippen LogP contribution in [-0.4, -0.2) is 30.8 Å². The monoisotopic (exact) mass is 464 g/mol. The van der Waals surface area contributed by atoms with E-state index in [2.05, 4.69) is 47.4 Å². The quantitative estimate of drug-likeness (QED) is 0.391. The highest BCUT2D eigenvalue weighted by Gasteiger charge is 2.32. The van der Waals surface area contributed by atoms with Crippen molar-refractivity contribution in [2.24, 2.45) is 5.92 Å². The normalized spacial score (nSPS) is 15.0. The third-order valence-electron chi connectivity index (χ3n) is 5.91. The lowest BCUT2D eigenvalue weighted by Gasteiger charge is -2.19. The molecule has 4 aromatic heterocycles. The average Bonchev–Trinajstić information content (AvgIpc) is 3.16. The Labute approximate surface area is 196 Å². The molecule has 0 aliphatic heterocycles. The number of nitrogens with zero attached hydrogens (tertiary/aromatic N) is 5. The van der Waals surface area contributed by atoms with Crippen molar-refractivity contribution in [3.8, 4) is 10.6 Å². The summed E-state index contributed by atoms with van der Waals surface area (Å²) < 4.78 is 7.40. The van der Waals surface area contributed by atoms with Crippen molar-refractivity contribution < 1.29 is 9.32 Å². The summed E-state index contributed by atoms with van der Waals surface area (Å²) in [4.78, 5) is 25.3. The highest BCUT2D eigenvalue weighted by Crippen LogP contribution is 2.39. The van der Waals surface area contributed by atoms with E-state index >= 15 is 0 Å². The second kappa shape index (κ2) is 8.37. The van der Waals surface area contributed by atoms with Gasteiger partial charge in [0.2, 0.25) is 5.89 Å². The van der Waals surface area contributed by atoms with E-state index < -0.39 is 0 Å². The fourth-order valence-electron chi connectivity index (χ4n) is 3.90. The number of carbonyl (C=O) groups is 1. The Morgan fingerprint density at radius 1 is 1.21 bits per heavy atom. The van der Waals surface area contributed by atoms with Crippen molar-refractivity contribution in [1.82, 2.24) is 30.2 Å². The molecule has 9 heteroatoms. The lowest BCUT2D eigenvalue weighted by atomic mass is 10.0. The van der Waals surface area contributed by atoms with E-state index in [1.807, 2.05) is 30.7 Å². The molecule has 172 valence electrons. The molecule has 4 aromatic rings. The molecule has 0 saturated heterocycles. The van der Waals surface area contributed by atoms with Gasteiger partial charge in [0.1, 0.15) is 6.04 Å². The minimum absolute atomic E-state index is 0.0802. The zero-order valence-corrected chi connectivity index (χ0v) is 20.3. The number of rotatable bonds is 7. The molecule has 0 spiro atoms. The molecular weight excluding hydrogens is 436 g/mol. The van der Waals surface area contributed by atoms with Crippen LogP contribution in [0.4, 0.5) is 0 Å². The molecule has 1 aliphatic carbocycles. The Morgan fingerprint density at radius 2 is 2.00 bits per heavy atom. The fourth-order valence-corrected chi connectivity index (χ4v) is 4.72. The van der Waals surface area contributed by atoms with E-state index in [-0.39, 0.29) is 23.9 Å². The highest BCUT2D eigenvalue weighted by molar-refractivity contribution is 7.15. The van der Waals surface area contributed by atoms with Crippen LogP contribution in [0.5, 0.6) is 0 Å². The van der Waals surface area contributed by atoms with Crippen LogP contribution in [0.2, 0.25) is 0 Å². The van der Waals surface area contributed by atoms with E-state index in [9.17, 15) is 4.79 Å². The Hall–Kier alpha value is -3.07. The van der Waals surface area contributed by atoms with Crippen molar-refractivity contribution >= 4 is 28.3 Å². The molecule has 8 nitrogen and oxygen atoms in total. The first-order valence-electron chi connectivity index (χ1n) is 11.4. The molecule has 33 heavy (non-hydrogen) atoms. The first kappa shape index (κ1) is 21.8. The minimum Gasteiger partial charge on any atom is -0.340 e. The fraction of sp³-hybridized carbons (Fsp3) is 0.458. The Kier molecular flexibility index (Phi) is 5.52. The molecule has 0 bridgehead atoms. The number of carbonyl (C=O) groups excluding carboxylic acids is 1. The highest BCUT2D eigenvalue weighted by atomic mass is 32.1. The topological polar surface area (TPSA) is 98.7 Å². The van der Waals surface area contributed by atoms with E-state index in [4.69, 9.17) is 9.51 Å². The first-order chi connectivity index (χ1) is 15.8. The van der Waals surface area contributed by atoms with Crippen molar-refractivity contribution in [2.45, 2.75) is 65.5 Å². The Balaban J connectivity index is 1.54. The number of hydrogen-bond donors (Lipinski definition) is 1. The molecule has 4 heterocycles. The molecule has 1 aliphatic rings. The average molecular weight is 465 g/mol. The maximum Gasteiger partial charge on any atom is 0.252 e. The van der Waals surface area contributed by atoms with Crippen LogP contribution in [0.3, 0.4) is 0 Å². The third-order valence-corrected chi connectivity index (χ3v) is 6.94. The summed E-state index contributed by atoms with van der Waals surface area (Å²) >= 11 is 1.66. The van der Waals surface area contributed by atoms with Crippen molar-refractivity contribution in [2.75, 3.05) is 0 Å². The van der Waals surface area contributed by atoms with E-state index in [0.717, 1.165) is 34.6 Å². The second-order valence-corrected chi connectivity index (χ2v) is 10.6. The smallest absolute Gasteiger partial charge is 0.252 e. The number of pyridine rings is 1. The Bertz CT molecular complexity index is 1310. The number of aromatic nitrogens is 5. The van der Waals surface area contributed by atoms with Gasteiger partial charge in [0, 0.05) is 16.8 Å². The van der Waals surface area contributed by atoms with Crippen molar-refractivity contribution in [3.63, 3.8) is 0 Å². The van der Waals surface area contributed by atoms with Gasteiger partial charge in [-0.15, -0.1) is 11.3 Å². The number of fused-ring (bicyclic) bond motifs is 1. The van der Waals surface area contributed by atoms with Gasteiger partial charge in [-0.05, 0) is 57.7 Å². The van der Waals surface area contributed by atoms with Gasteiger partial charge in [-0.25, -0.2) is 9.67 Å². The molecule has 1 N–H and O–H groups in total. The summed E-state index contributed by atoms with van der Waals surface area (Å²) in [7, 11) is 0. The molecule has 0 radical (unpaired) electrons. The molecule has 1 saturated carbocycles. The van der Waals surface area contributed by atoms with Gasteiger partial charge >= 0.3 is 0 Å². The summed E-state index contributed by atoms with van der Waals surface area (Å²) in [6.45, 7) is 10.2. The van der Waals surface area contributed by atoms with Crippen LogP contribution < -0.4 is 5.32 Å². The van der Waals surface area contributed by atoms with Gasteiger partial charge in [0.05, 0.1) is 27.7 Å². The summed E-state index contributed by atoms with van der Waals surface area (Å²) in [5.41, 5.74) is 2.01. The summed E-state index contributed by atoms with van der Waals surface area (Å²) in [6, 6.07) is 5.70. The van der Waals surface area contributed by atoms with Crippen LogP contribution in [0, 0.1) is 12.8 Å². The maximum absolute atomic E-state index is 13.6. The van der Waals surface area contributed by atoms with E-state index in [1.54, 1.807) is 17.5 Å². The van der Waals surface area contributed by atoms with Gasteiger partial charge in [-0.1, -0.05) is 19.0 Å². The molecular formula is C24H28N6O2S. The van der Waals surface area contributed by atoms with Gasteiger partial charge in [-0.2, -0.15) is 10.1 Å². The third kappa shape index (κ3) is 4.17. The van der Waals surface area contributed by atoms with Crippen LogP contribution >= 0.6 is 11.3 Å². The van der Waals surface area contributed by atoms with Crippen molar-refractivity contribution in [3.05, 3.63) is 46.6 Å². The Morgan fingerprint density at radius 3 is 2.64 bits per heavy atom. The molecule has 1 amide bonds. The van der Waals surface area contributed by atoms with Crippen LogP contribution in [0.25, 0.3) is 21.6 Å². The number of nitrogens with one attached hydrogen (secondary N) is 1. The van der Waals surface area contributed by atoms with Gasteiger partial charge < -0.3 is 9.84 Å². The number of aryl methyl sites for hydroxylation is 1. The van der Waals surface area contributed by atoms with Gasteiger partial charge in [0.25, 0.3) is 5.91 Å². The lowest BCUT2D eigenvalue weighted by Crippen LogP contribution is -2.32. The number of amides is 1. The van der Waals surface area contributed by atoms with Crippen molar-refractivity contribution in [1.29, 1.82) is 0 Å². The molecule has 0 aromatic carbocycles. The summed E-state index contributed by atoms with van der Waals surface area (Å²) in [6.07, 6.45) is 3.91. The van der Waals surface area contributed by atoms with Crippen LogP contribution in [-0.2, 0) is 0 Å². The standard InChI is InChI=1S/C24H28N6O2S/c1-12(2)20(24-28-21(29-32-24)15-7-8-15)27-23(31)16-10-18(19-9-6-14(5)33-19)26-22-17(16)11-25-30(22)13(3)4/h6,9-13,15,20H,7-8H2,1-5H3,(H,27,31). The zero-order valence-electron chi connectivity index (χ0n) is 19.5. The maximum atomic E-state index is 13.6. The molecule has 5 rings (SSSR count). The molecule has 1 unspecified atom stereocenters. The first-order valence-corrected chi connectivity index (χ1v) is 12.2. The van der Waals surface area contributed by atoms with Gasteiger partial charge in [0.15, 0.2) is 11.5 Å². The summed E-state index contributed by atoms with van der Waals surface area (Å²) in [5.74, 6) is 1.47. The number of thiophene rings is 1. The largest absolute Gasteiger partial charge is 0.340 e. The molecule has 1 fully saturated rings. The molecule has 1 atom stereocenters.